The summed E-state index contributed by atoms with van der Waals surface area (Å²) >= 11 is 6.86. The maximum Gasteiger partial charge on any atom is 0.338 e. The summed E-state index contributed by atoms with van der Waals surface area (Å²) in [4.78, 5) is 21.1. The molecule has 0 radical (unpaired) electrons. The Labute approximate surface area is 193 Å². The van der Waals surface area contributed by atoms with Crippen molar-refractivity contribution < 1.29 is 9.53 Å². The smallest absolute Gasteiger partial charge is 0.338 e. The molecule has 1 aromatic carbocycles. The van der Waals surface area contributed by atoms with E-state index in [1.807, 2.05) is 31.2 Å². The Morgan fingerprint density at radius 1 is 1.22 bits per heavy atom. The number of carbonyl (C=O) groups excluding carboxylic acids is 1. The zero-order chi connectivity index (χ0) is 22.3. The summed E-state index contributed by atoms with van der Waals surface area (Å²) in [6, 6.07) is 9.79. The normalized spacial score (nSPS) is 20.8. The third-order valence-corrected chi connectivity index (χ3v) is 7.89. The molecule has 0 aliphatic carbocycles. The molecule has 7 heteroatoms. The fourth-order valence-corrected chi connectivity index (χ4v) is 5.85. The fraction of sp³-hybridized carbons (Fsp3) is 0.480. The van der Waals surface area contributed by atoms with Gasteiger partial charge in [0.1, 0.15) is 18.5 Å². The average Bonchev–Trinajstić information content (AvgIpc) is 3.40. The van der Waals surface area contributed by atoms with Gasteiger partial charge in [0.05, 0.1) is 16.5 Å². The minimum Gasteiger partial charge on any atom is -0.457 e. The highest BCUT2D eigenvalue weighted by Crippen LogP contribution is 2.42. The number of hydrogen-bond acceptors (Lipinski definition) is 6. The molecule has 6 nitrogen and oxygen atoms in total. The van der Waals surface area contributed by atoms with Crippen LogP contribution in [-0.2, 0) is 11.3 Å². The van der Waals surface area contributed by atoms with Crippen LogP contribution in [0.5, 0.6) is 0 Å². The van der Waals surface area contributed by atoms with Crippen molar-refractivity contribution in [3.05, 3.63) is 58.3 Å². The SMILES string of the molecule is Cc1c([C@H](Cl)CN2CCC3(CC2)CCN(c2ccc(C#N)cn2)C3)ccc2c1COC2=O. The lowest BCUT2D eigenvalue weighted by atomic mass is 9.77. The van der Waals surface area contributed by atoms with E-state index in [0.29, 0.717) is 23.1 Å². The van der Waals surface area contributed by atoms with Crippen LogP contribution in [0.3, 0.4) is 0 Å². The van der Waals surface area contributed by atoms with Gasteiger partial charge in [-0.1, -0.05) is 6.07 Å². The summed E-state index contributed by atoms with van der Waals surface area (Å²) in [5, 5.41) is 8.88. The molecule has 0 N–H and O–H groups in total. The minimum absolute atomic E-state index is 0.104. The Morgan fingerprint density at radius 2 is 2.00 bits per heavy atom. The minimum atomic E-state index is -0.232. The molecule has 32 heavy (non-hydrogen) atoms. The van der Waals surface area contributed by atoms with Crippen molar-refractivity contribution >= 4 is 23.4 Å². The second-order valence-electron chi connectivity index (χ2n) is 9.34. The van der Waals surface area contributed by atoms with Gasteiger partial charge in [-0.3, -0.25) is 0 Å². The fourth-order valence-electron chi connectivity index (χ4n) is 5.42. The molecule has 0 saturated carbocycles. The van der Waals surface area contributed by atoms with Crippen LogP contribution in [0.15, 0.2) is 30.5 Å². The number of carbonyl (C=O) groups is 1. The summed E-state index contributed by atoms with van der Waals surface area (Å²) < 4.78 is 5.18. The number of halogens is 1. The number of benzene rings is 1. The van der Waals surface area contributed by atoms with Crippen LogP contribution in [-0.4, -0.2) is 48.6 Å². The Kier molecular flexibility index (Phi) is 5.56. The summed E-state index contributed by atoms with van der Waals surface area (Å²) in [5.41, 5.74) is 4.79. The van der Waals surface area contributed by atoms with Crippen LogP contribution in [0, 0.1) is 23.7 Å². The maximum atomic E-state index is 11.8. The van der Waals surface area contributed by atoms with Crippen LogP contribution in [0.1, 0.15) is 57.3 Å². The zero-order valence-corrected chi connectivity index (χ0v) is 19.1. The molecule has 0 unspecified atom stereocenters. The van der Waals surface area contributed by atoms with E-state index >= 15 is 0 Å². The first-order chi connectivity index (χ1) is 15.5. The second-order valence-corrected chi connectivity index (χ2v) is 9.87. The van der Waals surface area contributed by atoms with Gasteiger partial charge >= 0.3 is 5.97 Å². The van der Waals surface area contributed by atoms with Gasteiger partial charge in [-0.25, -0.2) is 9.78 Å². The number of likely N-dealkylation sites (tertiary alicyclic amines) is 1. The highest BCUT2D eigenvalue weighted by Gasteiger charge is 2.41. The molecule has 4 heterocycles. The van der Waals surface area contributed by atoms with Crippen molar-refractivity contribution in [1.82, 2.24) is 9.88 Å². The molecule has 166 valence electrons. The van der Waals surface area contributed by atoms with Gasteiger partial charge in [0, 0.05) is 31.4 Å². The number of anilines is 1. The first-order valence-electron chi connectivity index (χ1n) is 11.3. The van der Waals surface area contributed by atoms with Gasteiger partial charge in [0.15, 0.2) is 0 Å². The molecule has 2 fully saturated rings. The van der Waals surface area contributed by atoms with Gasteiger partial charge in [-0.15, -0.1) is 11.6 Å². The molecule has 5 rings (SSSR count). The first kappa shape index (κ1) is 21.2. The average molecular weight is 451 g/mol. The number of nitrogens with zero attached hydrogens (tertiary/aromatic N) is 4. The molecule has 3 aliphatic rings. The zero-order valence-electron chi connectivity index (χ0n) is 18.3. The van der Waals surface area contributed by atoms with Gasteiger partial charge in [-0.05, 0) is 74.0 Å². The predicted molar refractivity (Wildman–Crippen MR) is 123 cm³/mol. The van der Waals surface area contributed by atoms with Gasteiger partial charge in [-0.2, -0.15) is 5.26 Å². The van der Waals surface area contributed by atoms with Crippen molar-refractivity contribution in [3.63, 3.8) is 0 Å². The van der Waals surface area contributed by atoms with E-state index in [1.54, 1.807) is 6.20 Å². The quantitative estimate of drug-likeness (QED) is 0.513. The first-order valence-corrected chi connectivity index (χ1v) is 11.7. The Morgan fingerprint density at radius 3 is 2.72 bits per heavy atom. The Hall–Kier alpha value is -2.62. The number of nitriles is 1. The molecular weight excluding hydrogens is 424 g/mol. The Bertz CT molecular complexity index is 1070. The van der Waals surface area contributed by atoms with Crippen molar-refractivity contribution in [2.24, 2.45) is 5.41 Å². The van der Waals surface area contributed by atoms with Crippen LogP contribution < -0.4 is 4.90 Å². The summed E-state index contributed by atoms with van der Waals surface area (Å²) in [5.74, 6) is 0.739. The number of ether oxygens (including phenoxy) is 1. The van der Waals surface area contributed by atoms with E-state index in [2.05, 4.69) is 20.9 Å². The van der Waals surface area contributed by atoms with E-state index in [0.717, 1.165) is 68.1 Å². The summed E-state index contributed by atoms with van der Waals surface area (Å²) in [6.45, 7) is 7.35. The monoisotopic (exact) mass is 450 g/mol. The third-order valence-electron chi connectivity index (χ3n) is 7.52. The molecule has 1 spiro atoms. The largest absolute Gasteiger partial charge is 0.457 e. The van der Waals surface area contributed by atoms with Crippen LogP contribution >= 0.6 is 11.6 Å². The number of pyridine rings is 1. The summed E-state index contributed by atoms with van der Waals surface area (Å²) in [7, 11) is 0. The third kappa shape index (κ3) is 3.85. The Balaban J connectivity index is 1.18. The van der Waals surface area contributed by atoms with E-state index in [1.165, 1.54) is 6.42 Å². The van der Waals surface area contributed by atoms with Crippen molar-refractivity contribution in [1.29, 1.82) is 5.26 Å². The van der Waals surface area contributed by atoms with E-state index in [4.69, 9.17) is 21.6 Å². The molecule has 2 saturated heterocycles. The number of fused-ring (bicyclic) bond motifs is 1. The molecule has 1 aromatic heterocycles. The number of piperidine rings is 1. The van der Waals surface area contributed by atoms with Gasteiger partial charge in [0.25, 0.3) is 0 Å². The summed E-state index contributed by atoms with van der Waals surface area (Å²) in [6.07, 6.45) is 5.17. The van der Waals surface area contributed by atoms with E-state index in [9.17, 15) is 4.79 Å². The van der Waals surface area contributed by atoms with Crippen LogP contribution in [0.4, 0.5) is 5.82 Å². The molecular formula is C25H27ClN4O2. The van der Waals surface area contributed by atoms with Crippen LogP contribution in [0.25, 0.3) is 0 Å². The molecule has 0 bridgehead atoms. The lowest BCUT2D eigenvalue weighted by Crippen LogP contribution is -2.42. The second kappa shape index (κ2) is 8.38. The number of hydrogen-bond donors (Lipinski definition) is 0. The molecule has 2 aromatic rings. The molecule has 3 aliphatic heterocycles. The number of aromatic nitrogens is 1. The highest BCUT2D eigenvalue weighted by atomic mass is 35.5. The maximum absolute atomic E-state index is 11.8. The number of rotatable bonds is 4. The van der Waals surface area contributed by atoms with Crippen molar-refractivity contribution in [2.75, 3.05) is 37.6 Å². The number of alkyl halides is 1. The predicted octanol–water partition coefficient (Wildman–Crippen LogP) is 4.20. The topological polar surface area (TPSA) is 69.5 Å². The van der Waals surface area contributed by atoms with Crippen molar-refractivity contribution in [3.8, 4) is 6.07 Å². The standard InChI is InChI=1S/C25H27ClN4O2/c1-17-19(3-4-20-21(17)15-32-24(20)31)22(26)14-29-9-6-25(7-10-29)8-11-30(16-25)23-5-2-18(12-27)13-28-23/h2-5,13,22H,6-11,14-16H2,1H3/t22-/m1/s1. The number of cyclic esters (lactones) is 1. The lowest BCUT2D eigenvalue weighted by Gasteiger charge is -2.40. The lowest BCUT2D eigenvalue weighted by molar-refractivity contribution is 0.0535. The van der Waals surface area contributed by atoms with Crippen molar-refractivity contribution in [2.45, 2.75) is 38.2 Å². The molecule has 0 amide bonds. The van der Waals surface area contributed by atoms with E-state index in [-0.39, 0.29) is 11.3 Å². The van der Waals surface area contributed by atoms with E-state index < -0.39 is 0 Å². The highest BCUT2D eigenvalue weighted by molar-refractivity contribution is 6.21. The number of esters is 1. The molecule has 1 atom stereocenters. The van der Waals surface area contributed by atoms with Gasteiger partial charge < -0.3 is 14.5 Å². The van der Waals surface area contributed by atoms with Crippen LogP contribution in [0.2, 0.25) is 0 Å². The van der Waals surface area contributed by atoms with Gasteiger partial charge in [0.2, 0.25) is 0 Å².